The van der Waals surface area contributed by atoms with Crippen molar-refractivity contribution < 1.29 is 18.6 Å². The largest absolute Gasteiger partial charge is 0.435 e. The summed E-state index contributed by atoms with van der Waals surface area (Å²) in [5.41, 5.74) is 1.08. The van der Waals surface area contributed by atoms with Crippen LogP contribution in [0.5, 0.6) is 5.75 Å². The summed E-state index contributed by atoms with van der Waals surface area (Å²) in [6.07, 6.45) is 4.53. The number of aliphatic hydroxyl groups is 1. The van der Waals surface area contributed by atoms with Gasteiger partial charge in [0.15, 0.2) is 0 Å². The average molecular weight is 299 g/mol. The van der Waals surface area contributed by atoms with Gasteiger partial charge >= 0.3 is 6.61 Å². The molecule has 1 aromatic rings. The number of hydrogen-bond acceptors (Lipinski definition) is 3. The van der Waals surface area contributed by atoms with Gasteiger partial charge < -0.3 is 14.7 Å². The normalized spacial score (nSPS) is 17.6. The average Bonchev–Trinajstić information content (AvgIpc) is 2.89. The summed E-state index contributed by atoms with van der Waals surface area (Å²) in [5, 5.41) is 9.64. The Morgan fingerprint density at radius 2 is 1.86 bits per heavy atom. The first-order valence-corrected chi connectivity index (χ1v) is 7.36. The van der Waals surface area contributed by atoms with Crippen LogP contribution in [0.4, 0.5) is 8.78 Å². The minimum absolute atomic E-state index is 0.0352. The standard InChI is InChI=1S/C16H23F2NO2/c1-19(11-16(12-20)8-2-3-9-16)10-13-4-6-14(7-5-13)21-15(17)18/h4-7,15,20H,2-3,8-12H2,1H3. The summed E-state index contributed by atoms with van der Waals surface area (Å²) >= 11 is 0. The van der Waals surface area contributed by atoms with Crippen LogP contribution in [-0.2, 0) is 6.54 Å². The smallest absolute Gasteiger partial charge is 0.387 e. The fraction of sp³-hybridized carbons (Fsp3) is 0.625. The third-order valence-corrected chi connectivity index (χ3v) is 4.21. The van der Waals surface area contributed by atoms with Crippen molar-refractivity contribution in [2.24, 2.45) is 5.41 Å². The number of halogens is 2. The van der Waals surface area contributed by atoms with Crippen molar-refractivity contribution in [1.82, 2.24) is 4.90 Å². The van der Waals surface area contributed by atoms with Crippen molar-refractivity contribution in [3.05, 3.63) is 29.8 Å². The molecule has 0 aromatic heterocycles. The van der Waals surface area contributed by atoms with Crippen molar-refractivity contribution in [2.45, 2.75) is 38.8 Å². The molecule has 1 aliphatic carbocycles. The number of rotatable bonds is 7. The van der Waals surface area contributed by atoms with Crippen molar-refractivity contribution in [3.8, 4) is 5.75 Å². The molecule has 1 aliphatic rings. The van der Waals surface area contributed by atoms with Gasteiger partial charge in [-0.05, 0) is 37.6 Å². The highest BCUT2D eigenvalue weighted by Gasteiger charge is 2.34. The molecule has 0 amide bonds. The molecule has 21 heavy (non-hydrogen) atoms. The zero-order valence-electron chi connectivity index (χ0n) is 12.4. The van der Waals surface area contributed by atoms with Crippen LogP contribution in [0, 0.1) is 5.41 Å². The Balaban J connectivity index is 1.88. The maximum atomic E-state index is 12.1. The molecule has 0 radical (unpaired) electrons. The Morgan fingerprint density at radius 3 is 2.38 bits per heavy atom. The first-order chi connectivity index (χ1) is 10.0. The summed E-state index contributed by atoms with van der Waals surface area (Å²) in [6, 6.07) is 6.72. The van der Waals surface area contributed by atoms with Crippen LogP contribution >= 0.6 is 0 Å². The lowest BCUT2D eigenvalue weighted by molar-refractivity contribution is -0.0498. The van der Waals surface area contributed by atoms with Gasteiger partial charge in [-0.1, -0.05) is 25.0 Å². The lowest BCUT2D eigenvalue weighted by Gasteiger charge is -2.31. The second-order valence-electron chi connectivity index (χ2n) is 6.06. The SMILES string of the molecule is CN(Cc1ccc(OC(F)F)cc1)CC1(CO)CCCC1. The summed E-state index contributed by atoms with van der Waals surface area (Å²) in [4.78, 5) is 2.19. The van der Waals surface area contributed by atoms with Gasteiger partial charge in [-0.15, -0.1) is 0 Å². The molecule has 1 fully saturated rings. The molecule has 0 atom stereocenters. The Hall–Kier alpha value is -1.20. The molecule has 1 aromatic carbocycles. The zero-order valence-corrected chi connectivity index (χ0v) is 12.4. The molecule has 0 aliphatic heterocycles. The Morgan fingerprint density at radius 1 is 1.24 bits per heavy atom. The van der Waals surface area contributed by atoms with Crippen molar-refractivity contribution in [1.29, 1.82) is 0 Å². The van der Waals surface area contributed by atoms with E-state index >= 15 is 0 Å². The molecule has 3 nitrogen and oxygen atoms in total. The Kier molecular flexibility index (Phi) is 5.53. The first kappa shape index (κ1) is 16.2. The van der Waals surface area contributed by atoms with Crippen molar-refractivity contribution in [3.63, 3.8) is 0 Å². The third kappa shape index (κ3) is 4.64. The van der Waals surface area contributed by atoms with Crippen LogP contribution in [0.1, 0.15) is 31.2 Å². The Bertz CT molecular complexity index is 430. The van der Waals surface area contributed by atoms with E-state index in [2.05, 4.69) is 9.64 Å². The number of nitrogens with zero attached hydrogens (tertiary/aromatic N) is 1. The predicted octanol–water partition coefficient (Wildman–Crippen LogP) is 3.27. The molecule has 0 saturated heterocycles. The van der Waals surface area contributed by atoms with E-state index in [-0.39, 0.29) is 17.8 Å². The molecule has 0 heterocycles. The van der Waals surface area contributed by atoms with E-state index in [0.717, 1.165) is 31.5 Å². The van der Waals surface area contributed by atoms with Gasteiger partial charge in [0.05, 0.1) is 0 Å². The van der Waals surface area contributed by atoms with E-state index in [1.165, 1.54) is 12.8 Å². The maximum Gasteiger partial charge on any atom is 0.387 e. The highest BCUT2D eigenvalue weighted by Crippen LogP contribution is 2.38. The topological polar surface area (TPSA) is 32.7 Å². The molecule has 1 saturated carbocycles. The van der Waals surface area contributed by atoms with E-state index in [9.17, 15) is 13.9 Å². The molecular formula is C16H23F2NO2. The van der Waals surface area contributed by atoms with Crippen LogP contribution < -0.4 is 4.74 Å². The van der Waals surface area contributed by atoms with E-state index in [1.54, 1.807) is 24.3 Å². The molecule has 5 heteroatoms. The molecule has 1 N–H and O–H groups in total. The van der Waals surface area contributed by atoms with Crippen LogP contribution in [0.2, 0.25) is 0 Å². The van der Waals surface area contributed by atoms with Gasteiger partial charge in [0.1, 0.15) is 5.75 Å². The zero-order chi connectivity index (χ0) is 15.3. The summed E-state index contributed by atoms with van der Waals surface area (Å²) in [6.45, 7) is -0.959. The predicted molar refractivity (Wildman–Crippen MR) is 77.4 cm³/mol. The first-order valence-electron chi connectivity index (χ1n) is 7.36. The molecule has 0 bridgehead atoms. The summed E-state index contributed by atoms with van der Waals surface area (Å²) in [7, 11) is 2.03. The molecule has 118 valence electrons. The van der Waals surface area contributed by atoms with Crippen LogP contribution in [0.15, 0.2) is 24.3 Å². The third-order valence-electron chi connectivity index (χ3n) is 4.21. The van der Waals surface area contributed by atoms with Crippen LogP contribution in [0.25, 0.3) is 0 Å². The number of benzene rings is 1. The lowest BCUT2D eigenvalue weighted by atomic mass is 9.86. The highest BCUT2D eigenvalue weighted by atomic mass is 19.3. The monoisotopic (exact) mass is 299 g/mol. The minimum atomic E-state index is -2.79. The molecule has 2 rings (SSSR count). The Labute approximate surface area is 124 Å². The number of aliphatic hydroxyl groups excluding tert-OH is 1. The highest BCUT2D eigenvalue weighted by molar-refractivity contribution is 5.27. The van der Waals surface area contributed by atoms with Gasteiger partial charge in [-0.3, -0.25) is 0 Å². The second-order valence-corrected chi connectivity index (χ2v) is 6.06. The van der Waals surface area contributed by atoms with Crippen LogP contribution in [-0.4, -0.2) is 36.8 Å². The number of alkyl halides is 2. The van der Waals surface area contributed by atoms with E-state index in [4.69, 9.17) is 0 Å². The van der Waals surface area contributed by atoms with E-state index in [0.29, 0.717) is 0 Å². The maximum absolute atomic E-state index is 12.1. The van der Waals surface area contributed by atoms with Crippen molar-refractivity contribution >= 4 is 0 Å². The van der Waals surface area contributed by atoms with Gasteiger partial charge in [0.25, 0.3) is 0 Å². The lowest BCUT2D eigenvalue weighted by Crippen LogP contribution is -2.36. The van der Waals surface area contributed by atoms with Gasteiger partial charge in [0.2, 0.25) is 0 Å². The van der Waals surface area contributed by atoms with Gasteiger partial charge in [-0.2, -0.15) is 8.78 Å². The van der Waals surface area contributed by atoms with Gasteiger partial charge in [0, 0.05) is 25.1 Å². The minimum Gasteiger partial charge on any atom is -0.435 e. The van der Waals surface area contributed by atoms with E-state index in [1.807, 2.05) is 7.05 Å². The van der Waals surface area contributed by atoms with Gasteiger partial charge in [-0.25, -0.2) is 0 Å². The number of ether oxygens (including phenoxy) is 1. The second kappa shape index (κ2) is 7.18. The molecular weight excluding hydrogens is 276 g/mol. The molecule has 0 spiro atoms. The fourth-order valence-corrected chi connectivity index (χ4v) is 3.21. The van der Waals surface area contributed by atoms with E-state index < -0.39 is 6.61 Å². The van der Waals surface area contributed by atoms with Crippen molar-refractivity contribution in [2.75, 3.05) is 20.2 Å². The fourth-order valence-electron chi connectivity index (χ4n) is 3.21. The summed E-state index contributed by atoms with van der Waals surface area (Å²) < 4.78 is 28.5. The van der Waals surface area contributed by atoms with Crippen LogP contribution in [0.3, 0.4) is 0 Å². The molecule has 0 unspecified atom stereocenters. The summed E-state index contributed by atoms with van der Waals surface area (Å²) in [5.74, 6) is 0.180. The quantitative estimate of drug-likeness (QED) is 0.838. The number of hydrogen-bond donors (Lipinski definition) is 1.